The summed E-state index contributed by atoms with van der Waals surface area (Å²) in [5.41, 5.74) is 1.93. The summed E-state index contributed by atoms with van der Waals surface area (Å²) in [6.45, 7) is 4.51. The Morgan fingerprint density at radius 3 is 2.70 bits per heavy atom. The highest BCUT2D eigenvalue weighted by molar-refractivity contribution is 7.12. The van der Waals surface area contributed by atoms with Crippen molar-refractivity contribution < 1.29 is 9.13 Å². The minimum atomic E-state index is -0.218. The van der Waals surface area contributed by atoms with E-state index in [4.69, 9.17) is 4.74 Å². The van der Waals surface area contributed by atoms with Gasteiger partial charge < -0.3 is 10.1 Å². The molecule has 1 aromatic carbocycles. The van der Waals surface area contributed by atoms with Crippen molar-refractivity contribution in [2.45, 2.75) is 13.3 Å². The standard InChI is InChI=1S/C15H19FN2OS/c1-11-15(12-3-5-13(16)6-4-12)18-14(20-11)7-8-17-9-10-19-2/h3-6,17H,7-10H2,1-2H3. The van der Waals surface area contributed by atoms with Crippen LogP contribution in [0.3, 0.4) is 0 Å². The number of aromatic nitrogens is 1. The van der Waals surface area contributed by atoms with E-state index >= 15 is 0 Å². The van der Waals surface area contributed by atoms with Gasteiger partial charge in [-0.2, -0.15) is 0 Å². The maximum Gasteiger partial charge on any atom is 0.123 e. The van der Waals surface area contributed by atoms with Gasteiger partial charge in [0.05, 0.1) is 17.3 Å². The van der Waals surface area contributed by atoms with Gasteiger partial charge >= 0.3 is 0 Å². The van der Waals surface area contributed by atoms with E-state index < -0.39 is 0 Å². The highest BCUT2D eigenvalue weighted by Gasteiger charge is 2.09. The van der Waals surface area contributed by atoms with Crippen LogP contribution in [0.4, 0.5) is 4.39 Å². The normalized spacial score (nSPS) is 10.9. The number of halogens is 1. The van der Waals surface area contributed by atoms with Gasteiger partial charge in [0.15, 0.2) is 0 Å². The molecule has 0 aliphatic heterocycles. The topological polar surface area (TPSA) is 34.1 Å². The van der Waals surface area contributed by atoms with Crippen molar-refractivity contribution >= 4 is 11.3 Å². The van der Waals surface area contributed by atoms with Crippen LogP contribution in [0.25, 0.3) is 11.3 Å². The van der Waals surface area contributed by atoms with Crippen LogP contribution < -0.4 is 5.32 Å². The van der Waals surface area contributed by atoms with E-state index in [-0.39, 0.29) is 5.82 Å². The smallest absolute Gasteiger partial charge is 0.123 e. The zero-order valence-electron chi connectivity index (χ0n) is 11.8. The van der Waals surface area contributed by atoms with Gasteiger partial charge in [0.1, 0.15) is 5.82 Å². The van der Waals surface area contributed by atoms with Gasteiger partial charge in [-0.3, -0.25) is 0 Å². The molecule has 0 saturated heterocycles. The second-order valence-corrected chi connectivity index (χ2v) is 5.80. The molecule has 3 nitrogen and oxygen atoms in total. The lowest BCUT2D eigenvalue weighted by molar-refractivity contribution is 0.199. The van der Waals surface area contributed by atoms with Crippen LogP contribution in [0.1, 0.15) is 9.88 Å². The number of ether oxygens (including phenoxy) is 1. The number of hydrogen-bond donors (Lipinski definition) is 1. The molecule has 2 aromatic rings. The number of nitrogens with one attached hydrogen (secondary N) is 1. The monoisotopic (exact) mass is 294 g/mol. The third-order valence-electron chi connectivity index (χ3n) is 2.96. The quantitative estimate of drug-likeness (QED) is 0.797. The van der Waals surface area contributed by atoms with Crippen molar-refractivity contribution in [2.24, 2.45) is 0 Å². The molecule has 0 saturated carbocycles. The molecule has 0 aliphatic carbocycles. The summed E-state index contributed by atoms with van der Waals surface area (Å²) in [6, 6.07) is 6.50. The zero-order valence-corrected chi connectivity index (χ0v) is 12.6. The molecule has 0 unspecified atom stereocenters. The fraction of sp³-hybridized carbons (Fsp3) is 0.400. The first kappa shape index (κ1) is 15.1. The lowest BCUT2D eigenvalue weighted by Crippen LogP contribution is -2.21. The van der Waals surface area contributed by atoms with Gasteiger partial charge in [0, 0.05) is 37.1 Å². The molecule has 0 spiro atoms. The molecule has 0 amide bonds. The Labute approximate surface area is 122 Å². The highest BCUT2D eigenvalue weighted by atomic mass is 32.1. The first-order valence-electron chi connectivity index (χ1n) is 6.62. The Hall–Kier alpha value is -1.30. The number of benzene rings is 1. The van der Waals surface area contributed by atoms with Crippen LogP contribution in [-0.2, 0) is 11.2 Å². The van der Waals surface area contributed by atoms with Gasteiger partial charge in [-0.05, 0) is 31.2 Å². The molecule has 0 atom stereocenters. The molecule has 0 aliphatic rings. The van der Waals surface area contributed by atoms with Crippen LogP contribution in [0.2, 0.25) is 0 Å². The molecule has 2 rings (SSSR count). The third-order valence-corrected chi connectivity index (χ3v) is 3.99. The second-order valence-electron chi connectivity index (χ2n) is 4.51. The lowest BCUT2D eigenvalue weighted by Gasteiger charge is -2.01. The van der Waals surface area contributed by atoms with Crippen LogP contribution in [0, 0.1) is 12.7 Å². The Bertz CT molecular complexity index is 539. The van der Waals surface area contributed by atoms with Crippen molar-refractivity contribution in [2.75, 3.05) is 26.8 Å². The highest BCUT2D eigenvalue weighted by Crippen LogP contribution is 2.27. The summed E-state index contributed by atoms with van der Waals surface area (Å²) < 4.78 is 17.9. The molecule has 0 bridgehead atoms. The van der Waals surface area contributed by atoms with Gasteiger partial charge in [0.2, 0.25) is 0 Å². The summed E-state index contributed by atoms with van der Waals surface area (Å²) in [4.78, 5) is 5.82. The second kappa shape index (κ2) is 7.47. The number of thiazole rings is 1. The zero-order chi connectivity index (χ0) is 14.4. The molecule has 20 heavy (non-hydrogen) atoms. The summed E-state index contributed by atoms with van der Waals surface area (Å²) in [7, 11) is 1.70. The fourth-order valence-electron chi connectivity index (χ4n) is 1.93. The molecule has 0 fully saturated rings. The molecule has 1 aromatic heterocycles. The van der Waals surface area contributed by atoms with E-state index in [1.165, 1.54) is 17.0 Å². The van der Waals surface area contributed by atoms with Gasteiger partial charge in [-0.25, -0.2) is 9.37 Å². The predicted octanol–water partition coefficient (Wildman–Crippen LogP) is 3.04. The number of rotatable bonds is 7. The van der Waals surface area contributed by atoms with Crippen LogP contribution in [0.15, 0.2) is 24.3 Å². The Morgan fingerprint density at radius 2 is 2.00 bits per heavy atom. The largest absolute Gasteiger partial charge is 0.383 e. The average Bonchev–Trinajstić information content (AvgIpc) is 2.81. The van der Waals surface area contributed by atoms with Crippen LogP contribution >= 0.6 is 11.3 Å². The van der Waals surface area contributed by atoms with Crippen LogP contribution in [-0.4, -0.2) is 31.8 Å². The molecular weight excluding hydrogens is 275 g/mol. The third kappa shape index (κ3) is 4.10. The van der Waals surface area contributed by atoms with Crippen molar-refractivity contribution in [1.82, 2.24) is 10.3 Å². The van der Waals surface area contributed by atoms with Crippen molar-refractivity contribution in [3.05, 3.63) is 40.0 Å². The van der Waals surface area contributed by atoms with E-state index in [0.29, 0.717) is 0 Å². The summed E-state index contributed by atoms with van der Waals surface area (Å²) in [5, 5.41) is 4.41. The molecule has 1 heterocycles. The molecule has 5 heteroatoms. The maximum atomic E-state index is 12.9. The fourth-order valence-corrected chi connectivity index (χ4v) is 2.88. The molecule has 0 radical (unpaired) electrons. The van der Waals surface area contributed by atoms with E-state index in [2.05, 4.69) is 17.2 Å². The maximum absolute atomic E-state index is 12.9. The first-order valence-corrected chi connectivity index (χ1v) is 7.44. The van der Waals surface area contributed by atoms with E-state index in [9.17, 15) is 4.39 Å². The van der Waals surface area contributed by atoms with Crippen LogP contribution in [0.5, 0.6) is 0 Å². The Kier molecular flexibility index (Phi) is 5.64. The molecular formula is C15H19FN2OS. The number of hydrogen-bond acceptors (Lipinski definition) is 4. The first-order chi connectivity index (χ1) is 9.70. The lowest BCUT2D eigenvalue weighted by atomic mass is 10.1. The van der Waals surface area contributed by atoms with Crippen molar-refractivity contribution in [3.8, 4) is 11.3 Å². The van der Waals surface area contributed by atoms with E-state index in [1.54, 1.807) is 30.6 Å². The minimum absolute atomic E-state index is 0.218. The molecule has 108 valence electrons. The van der Waals surface area contributed by atoms with Crippen molar-refractivity contribution in [1.29, 1.82) is 0 Å². The SMILES string of the molecule is COCCNCCc1nc(-c2ccc(F)cc2)c(C)s1. The Balaban J connectivity index is 1.97. The molecule has 1 N–H and O–H groups in total. The average molecular weight is 294 g/mol. The number of nitrogens with zero attached hydrogens (tertiary/aromatic N) is 1. The summed E-state index contributed by atoms with van der Waals surface area (Å²) in [6.07, 6.45) is 0.899. The predicted molar refractivity (Wildman–Crippen MR) is 80.7 cm³/mol. The minimum Gasteiger partial charge on any atom is -0.383 e. The van der Waals surface area contributed by atoms with Crippen molar-refractivity contribution in [3.63, 3.8) is 0 Å². The number of aryl methyl sites for hydroxylation is 1. The number of methoxy groups -OCH3 is 1. The van der Waals surface area contributed by atoms with Gasteiger partial charge in [-0.1, -0.05) is 0 Å². The van der Waals surface area contributed by atoms with Gasteiger partial charge in [0.25, 0.3) is 0 Å². The van der Waals surface area contributed by atoms with E-state index in [1.807, 2.05) is 0 Å². The Morgan fingerprint density at radius 1 is 1.25 bits per heavy atom. The summed E-state index contributed by atoms with van der Waals surface area (Å²) in [5.74, 6) is -0.218. The van der Waals surface area contributed by atoms with Gasteiger partial charge in [-0.15, -0.1) is 11.3 Å². The van der Waals surface area contributed by atoms with E-state index in [0.717, 1.165) is 42.4 Å². The summed E-state index contributed by atoms with van der Waals surface area (Å²) >= 11 is 1.70.